The second-order valence-electron chi connectivity index (χ2n) is 6.13. The molecule has 0 aliphatic carbocycles. The first-order valence-electron chi connectivity index (χ1n) is 8.99. The van der Waals surface area contributed by atoms with Crippen LogP contribution in [-0.4, -0.2) is 29.4 Å². The zero-order valence-electron chi connectivity index (χ0n) is 16.2. The standard InChI is InChI=1S/C21H18ClN3O5/c1-3-29-21(28)14-7-9-16(23-12(14)2)19(26)24-15-8-6-13(22)11-17(15)25-20(27)18-5-4-10-30-18/h4-11H,3H2,1-2H3,(H,24,26)(H,25,27). The minimum Gasteiger partial charge on any atom is -0.462 e. The highest BCUT2D eigenvalue weighted by Gasteiger charge is 2.17. The van der Waals surface area contributed by atoms with Crippen LogP contribution in [0.25, 0.3) is 0 Å². The van der Waals surface area contributed by atoms with Crippen LogP contribution in [0.3, 0.4) is 0 Å². The molecule has 1 aromatic carbocycles. The zero-order chi connectivity index (χ0) is 21.7. The average Bonchev–Trinajstić information content (AvgIpc) is 3.25. The topological polar surface area (TPSA) is 111 Å². The minimum absolute atomic E-state index is 0.0961. The van der Waals surface area contributed by atoms with Gasteiger partial charge in [0, 0.05) is 5.02 Å². The maximum Gasteiger partial charge on any atom is 0.339 e. The number of halogens is 1. The Kier molecular flexibility index (Phi) is 6.48. The van der Waals surface area contributed by atoms with Gasteiger partial charge in [-0.2, -0.15) is 0 Å². The van der Waals surface area contributed by atoms with Crippen molar-refractivity contribution in [3.05, 3.63) is 76.5 Å². The second-order valence-corrected chi connectivity index (χ2v) is 6.56. The lowest BCUT2D eigenvalue weighted by Gasteiger charge is -2.13. The number of esters is 1. The van der Waals surface area contributed by atoms with E-state index in [0.29, 0.717) is 16.4 Å². The highest BCUT2D eigenvalue weighted by atomic mass is 35.5. The van der Waals surface area contributed by atoms with Gasteiger partial charge in [0.2, 0.25) is 0 Å². The van der Waals surface area contributed by atoms with Crippen molar-refractivity contribution in [2.45, 2.75) is 13.8 Å². The van der Waals surface area contributed by atoms with E-state index in [9.17, 15) is 14.4 Å². The average molecular weight is 428 g/mol. The molecular weight excluding hydrogens is 410 g/mol. The van der Waals surface area contributed by atoms with E-state index in [1.165, 1.54) is 30.5 Å². The summed E-state index contributed by atoms with van der Waals surface area (Å²) in [5.41, 5.74) is 1.35. The lowest BCUT2D eigenvalue weighted by molar-refractivity contribution is 0.0524. The molecule has 2 aromatic heterocycles. The molecule has 0 bridgehead atoms. The fraction of sp³-hybridized carbons (Fsp3) is 0.143. The van der Waals surface area contributed by atoms with Crippen LogP contribution >= 0.6 is 11.6 Å². The van der Waals surface area contributed by atoms with E-state index in [-0.39, 0.29) is 29.3 Å². The Morgan fingerprint density at radius 1 is 1.07 bits per heavy atom. The molecule has 9 heteroatoms. The largest absolute Gasteiger partial charge is 0.462 e. The molecule has 30 heavy (non-hydrogen) atoms. The Morgan fingerprint density at radius 3 is 2.50 bits per heavy atom. The van der Waals surface area contributed by atoms with Gasteiger partial charge in [-0.15, -0.1) is 0 Å². The first-order chi connectivity index (χ1) is 14.4. The summed E-state index contributed by atoms with van der Waals surface area (Å²) in [7, 11) is 0. The number of aryl methyl sites for hydroxylation is 1. The van der Waals surface area contributed by atoms with Crippen molar-refractivity contribution in [1.82, 2.24) is 4.98 Å². The molecule has 154 valence electrons. The van der Waals surface area contributed by atoms with Crippen LogP contribution in [0.15, 0.2) is 53.1 Å². The van der Waals surface area contributed by atoms with E-state index >= 15 is 0 Å². The van der Waals surface area contributed by atoms with Gasteiger partial charge in [0.25, 0.3) is 11.8 Å². The van der Waals surface area contributed by atoms with E-state index in [0.717, 1.165) is 0 Å². The number of anilines is 2. The Labute approximate surface area is 177 Å². The van der Waals surface area contributed by atoms with Crippen LogP contribution in [0, 0.1) is 6.92 Å². The number of ether oxygens (including phenoxy) is 1. The molecule has 0 aliphatic heterocycles. The van der Waals surface area contributed by atoms with Gasteiger partial charge in [0.05, 0.1) is 35.5 Å². The number of furan rings is 1. The molecule has 0 atom stereocenters. The van der Waals surface area contributed by atoms with Gasteiger partial charge in [0.1, 0.15) is 5.69 Å². The number of hydrogen-bond acceptors (Lipinski definition) is 6. The number of pyridine rings is 1. The highest BCUT2D eigenvalue weighted by Crippen LogP contribution is 2.27. The van der Waals surface area contributed by atoms with Crippen LogP contribution in [0.2, 0.25) is 5.02 Å². The summed E-state index contributed by atoms with van der Waals surface area (Å²) in [5, 5.41) is 5.70. The van der Waals surface area contributed by atoms with Crippen molar-refractivity contribution in [3.8, 4) is 0 Å². The molecule has 2 amide bonds. The van der Waals surface area contributed by atoms with Crippen LogP contribution < -0.4 is 10.6 Å². The van der Waals surface area contributed by atoms with Gasteiger partial charge < -0.3 is 19.8 Å². The molecule has 3 rings (SSSR count). The van der Waals surface area contributed by atoms with E-state index in [1.54, 1.807) is 32.0 Å². The number of nitrogens with one attached hydrogen (secondary N) is 2. The van der Waals surface area contributed by atoms with Gasteiger partial charge in [-0.1, -0.05) is 11.6 Å². The SMILES string of the molecule is CCOC(=O)c1ccc(C(=O)Nc2ccc(Cl)cc2NC(=O)c2ccco2)nc1C. The second kappa shape index (κ2) is 9.23. The Balaban J connectivity index is 1.80. The molecule has 2 N–H and O–H groups in total. The van der Waals surface area contributed by atoms with E-state index in [1.807, 2.05) is 0 Å². The molecule has 0 aliphatic rings. The molecule has 0 saturated heterocycles. The predicted molar refractivity (Wildman–Crippen MR) is 111 cm³/mol. The summed E-state index contributed by atoms with van der Waals surface area (Å²) in [4.78, 5) is 41.0. The molecule has 0 spiro atoms. The Morgan fingerprint density at radius 2 is 1.83 bits per heavy atom. The Bertz CT molecular complexity index is 1100. The quantitative estimate of drug-likeness (QED) is 0.567. The fourth-order valence-electron chi connectivity index (χ4n) is 2.62. The number of nitrogens with zero attached hydrogens (tertiary/aromatic N) is 1. The van der Waals surface area contributed by atoms with Gasteiger partial charge in [-0.25, -0.2) is 9.78 Å². The Hall–Kier alpha value is -3.65. The molecule has 0 fully saturated rings. The van der Waals surface area contributed by atoms with Crippen molar-refractivity contribution >= 4 is 40.8 Å². The maximum atomic E-state index is 12.7. The summed E-state index contributed by atoms with van der Waals surface area (Å²) in [6.45, 7) is 3.56. The smallest absolute Gasteiger partial charge is 0.339 e. The summed E-state index contributed by atoms with van der Waals surface area (Å²) in [6.07, 6.45) is 1.38. The lowest BCUT2D eigenvalue weighted by Crippen LogP contribution is -2.18. The van der Waals surface area contributed by atoms with Crippen molar-refractivity contribution in [2.75, 3.05) is 17.2 Å². The van der Waals surface area contributed by atoms with Crippen molar-refractivity contribution < 1.29 is 23.5 Å². The number of benzene rings is 1. The van der Waals surface area contributed by atoms with Gasteiger partial charge in [-0.3, -0.25) is 9.59 Å². The molecule has 0 unspecified atom stereocenters. The van der Waals surface area contributed by atoms with E-state index in [4.69, 9.17) is 20.8 Å². The van der Waals surface area contributed by atoms with Gasteiger partial charge in [0.15, 0.2) is 5.76 Å². The molecule has 0 saturated carbocycles. The van der Waals surface area contributed by atoms with Crippen molar-refractivity contribution in [2.24, 2.45) is 0 Å². The summed E-state index contributed by atoms with van der Waals surface area (Å²) in [5.74, 6) is -1.41. The van der Waals surface area contributed by atoms with Gasteiger partial charge in [-0.05, 0) is 56.3 Å². The van der Waals surface area contributed by atoms with E-state index in [2.05, 4.69) is 15.6 Å². The normalized spacial score (nSPS) is 10.4. The number of hydrogen-bond donors (Lipinski definition) is 2. The van der Waals surface area contributed by atoms with Crippen molar-refractivity contribution in [1.29, 1.82) is 0 Å². The summed E-state index contributed by atoms with van der Waals surface area (Å²) < 4.78 is 10.0. The van der Waals surface area contributed by atoms with Crippen LogP contribution in [-0.2, 0) is 4.74 Å². The minimum atomic E-state index is -0.524. The van der Waals surface area contributed by atoms with Crippen LogP contribution in [0.5, 0.6) is 0 Å². The number of carbonyl (C=O) groups excluding carboxylic acids is 3. The summed E-state index contributed by atoms with van der Waals surface area (Å²) in [6, 6.07) is 10.6. The molecule has 8 nitrogen and oxygen atoms in total. The number of amides is 2. The summed E-state index contributed by atoms with van der Waals surface area (Å²) >= 11 is 6.03. The number of rotatable bonds is 6. The molecular formula is C21H18ClN3O5. The van der Waals surface area contributed by atoms with E-state index < -0.39 is 17.8 Å². The zero-order valence-corrected chi connectivity index (χ0v) is 16.9. The third-order valence-electron chi connectivity index (χ3n) is 4.04. The number of carbonyl (C=O) groups is 3. The fourth-order valence-corrected chi connectivity index (χ4v) is 2.79. The molecule has 3 aromatic rings. The van der Waals surface area contributed by atoms with Crippen LogP contribution in [0.4, 0.5) is 11.4 Å². The number of aromatic nitrogens is 1. The highest BCUT2D eigenvalue weighted by molar-refractivity contribution is 6.31. The molecule has 0 radical (unpaired) electrons. The van der Waals surface area contributed by atoms with Gasteiger partial charge >= 0.3 is 5.97 Å². The third-order valence-corrected chi connectivity index (χ3v) is 4.27. The molecule has 2 heterocycles. The van der Waals surface area contributed by atoms with Crippen LogP contribution in [0.1, 0.15) is 44.0 Å². The van der Waals surface area contributed by atoms with Crippen molar-refractivity contribution in [3.63, 3.8) is 0 Å². The monoisotopic (exact) mass is 427 g/mol. The third kappa shape index (κ3) is 4.84. The maximum absolute atomic E-state index is 12.7. The first kappa shape index (κ1) is 21.1. The lowest BCUT2D eigenvalue weighted by atomic mass is 10.1. The first-order valence-corrected chi connectivity index (χ1v) is 9.37. The predicted octanol–water partition coefficient (Wildman–Crippen LogP) is 4.32.